The van der Waals surface area contributed by atoms with Crippen molar-refractivity contribution in [2.75, 3.05) is 27.7 Å². The number of furan rings is 1. The second-order valence-corrected chi connectivity index (χ2v) is 6.49. The summed E-state index contributed by atoms with van der Waals surface area (Å²) < 4.78 is 5.50. The van der Waals surface area contributed by atoms with Gasteiger partial charge >= 0.3 is 0 Å². The maximum absolute atomic E-state index is 5.50. The van der Waals surface area contributed by atoms with Gasteiger partial charge in [0.05, 0.1) is 18.8 Å². The lowest BCUT2D eigenvalue weighted by atomic mass is 10.2. The first-order valence-corrected chi connectivity index (χ1v) is 7.97. The molecule has 0 bridgehead atoms. The highest BCUT2D eigenvalue weighted by molar-refractivity contribution is 7.11. The molecule has 2 N–H and O–H groups in total. The molecule has 1 atom stereocenters. The number of nitrogens with zero attached hydrogens (tertiary/aromatic N) is 3. The van der Waals surface area contributed by atoms with Crippen LogP contribution in [-0.4, -0.2) is 43.5 Å². The Morgan fingerprint density at radius 1 is 1.45 bits per heavy atom. The summed E-state index contributed by atoms with van der Waals surface area (Å²) in [6, 6.07) is 4.04. The molecular weight excluding hydrogens is 298 g/mol. The molecule has 120 valence electrons. The zero-order valence-corrected chi connectivity index (χ0v) is 14.3. The first-order chi connectivity index (χ1) is 10.6. The molecule has 0 fully saturated rings. The summed E-state index contributed by atoms with van der Waals surface area (Å²) in [4.78, 5) is 11.9. The molecular formula is C15H23N5OS. The van der Waals surface area contributed by atoms with Gasteiger partial charge in [0.1, 0.15) is 10.8 Å². The summed E-state index contributed by atoms with van der Waals surface area (Å²) in [6.45, 7) is 3.43. The van der Waals surface area contributed by atoms with Gasteiger partial charge in [0.25, 0.3) is 0 Å². The summed E-state index contributed by atoms with van der Waals surface area (Å²) in [6.07, 6.45) is 3.58. The van der Waals surface area contributed by atoms with Crippen molar-refractivity contribution in [3.63, 3.8) is 0 Å². The second-order valence-electron chi connectivity index (χ2n) is 5.17. The average molecular weight is 321 g/mol. The highest BCUT2D eigenvalue weighted by atomic mass is 32.1. The number of rotatable bonds is 6. The fraction of sp³-hybridized carbons (Fsp3) is 0.467. The van der Waals surface area contributed by atoms with Crippen molar-refractivity contribution in [3.05, 3.63) is 40.2 Å². The van der Waals surface area contributed by atoms with E-state index in [1.165, 1.54) is 4.88 Å². The van der Waals surface area contributed by atoms with E-state index in [4.69, 9.17) is 4.42 Å². The fourth-order valence-corrected chi connectivity index (χ4v) is 2.80. The van der Waals surface area contributed by atoms with Gasteiger partial charge in [0, 0.05) is 24.7 Å². The van der Waals surface area contributed by atoms with E-state index < -0.39 is 0 Å². The number of aromatic nitrogens is 1. The van der Waals surface area contributed by atoms with E-state index in [-0.39, 0.29) is 6.04 Å². The Morgan fingerprint density at radius 3 is 2.82 bits per heavy atom. The number of hydrogen-bond donors (Lipinski definition) is 2. The molecule has 0 aliphatic carbocycles. The lowest BCUT2D eigenvalue weighted by Gasteiger charge is -2.23. The number of aryl methyl sites for hydroxylation is 1. The van der Waals surface area contributed by atoms with Gasteiger partial charge in [-0.2, -0.15) is 0 Å². The van der Waals surface area contributed by atoms with Crippen molar-refractivity contribution in [1.82, 2.24) is 20.5 Å². The third-order valence-electron chi connectivity index (χ3n) is 3.26. The molecule has 2 aromatic heterocycles. The van der Waals surface area contributed by atoms with Crippen LogP contribution in [0.4, 0.5) is 0 Å². The number of likely N-dealkylation sites (N-methyl/N-ethyl adjacent to an activating group) is 1. The molecule has 22 heavy (non-hydrogen) atoms. The van der Waals surface area contributed by atoms with Crippen molar-refractivity contribution in [1.29, 1.82) is 0 Å². The normalized spacial score (nSPS) is 13.4. The van der Waals surface area contributed by atoms with E-state index in [2.05, 4.69) is 32.4 Å². The van der Waals surface area contributed by atoms with Crippen LogP contribution in [0.15, 0.2) is 34.0 Å². The summed E-state index contributed by atoms with van der Waals surface area (Å²) in [7, 11) is 5.83. The number of nitrogens with one attached hydrogen (secondary N) is 2. The molecule has 2 aromatic rings. The minimum atomic E-state index is 0.149. The van der Waals surface area contributed by atoms with Gasteiger partial charge in [-0.3, -0.25) is 9.89 Å². The molecule has 0 aliphatic heterocycles. The topological polar surface area (TPSA) is 65.7 Å². The predicted octanol–water partition coefficient (Wildman–Crippen LogP) is 2.01. The third-order valence-corrected chi connectivity index (χ3v) is 4.17. The Balaban J connectivity index is 1.87. The molecule has 0 saturated heterocycles. The van der Waals surface area contributed by atoms with Crippen molar-refractivity contribution in [2.24, 2.45) is 4.99 Å². The van der Waals surface area contributed by atoms with E-state index >= 15 is 0 Å². The average Bonchev–Trinajstić information content (AvgIpc) is 3.14. The lowest BCUT2D eigenvalue weighted by Crippen LogP contribution is -2.41. The fourth-order valence-electron chi connectivity index (χ4n) is 2.07. The van der Waals surface area contributed by atoms with E-state index in [9.17, 15) is 0 Å². The minimum absolute atomic E-state index is 0.149. The quantitative estimate of drug-likeness (QED) is 0.629. The summed E-state index contributed by atoms with van der Waals surface area (Å²) in [5, 5.41) is 7.66. The highest BCUT2D eigenvalue weighted by Crippen LogP contribution is 2.17. The van der Waals surface area contributed by atoms with Gasteiger partial charge in [-0.1, -0.05) is 0 Å². The van der Waals surface area contributed by atoms with Crippen LogP contribution in [0.1, 0.15) is 21.7 Å². The first kappa shape index (κ1) is 16.5. The SMILES string of the molecule is CN=C(NCc1ncc(C)s1)NCC(c1ccco1)N(C)C. The van der Waals surface area contributed by atoms with Crippen LogP contribution in [0.2, 0.25) is 0 Å². The Hall–Kier alpha value is -1.86. The largest absolute Gasteiger partial charge is 0.468 e. The summed E-state index contributed by atoms with van der Waals surface area (Å²) in [5.41, 5.74) is 0. The van der Waals surface area contributed by atoms with Crippen molar-refractivity contribution < 1.29 is 4.42 Å². The van der Waals surface area contributed by atoms with Crippen molar-refractivity contribution >= 4 is 17.3 Å². The van der Waals surface area contributed by atoms with Crippen LogP contribution < -0.4 is 10.6 Å². The van der Waals surface area contributed by atoms with Crippen LogP contribution in [0.25, 0.3) is 0 Å². The number of aliphatic imine (C=N–C) groups is 1. The van der Waals surface area contributed by atoms with E-state index in [1.54, 1.807) is 24.6 Å². The predicted molar refractivity (Wildman–Crippen MR) is 90.2 cm³/mol. The monoisotopic (exact) mass is 321 g/mol. The highest BCUT2D eigenvalue weighted by Gasteiger charge is 2.17. The molecule has 0 aromatic carbocycles. The van der Waals surface area contributed by atoms with Crippen LogP contribution in [0.3, 0.4) is 0 Å². The smallest absolute Gasteiger partial charge is 0.191 e. The molecule has 6 nitrogen and oxygen atoms in total. The Kier molecular flexibility index (Phi) is 5.97. The third kappa shape index (κ3) is 4.57. The van der Waals surface area contributed by atoms with Crippen molar-refractivity contribution in [2.45, 2.75) is 19.5 Å². The molecule has 2 heterocycles. The number of guanidine groups is 1. The Labute approximate surface area is 135 Å². The first-order valence-electron chi connectivity index (χ1n) is 7.15. The van der Waals surface area contributed by atoms with Gasteiger partial charge < -0.3 is 15.1 Å². The maximum Gasteiger partial charge on any atom is 0.191 e. The molecule has 7 heteroatoms. The van der Waals surface area contributed by atoms with E-state index in [0.717, 1.165) is 16.7 Å². The Morgan fingerprint density at radius 2 is 2.27 bits per heavy atom. The van der Waals surface area contributed by atoms with Crippen LogP contribution >= 0.6 is 11.3 Å². The zero-order valence-electron chi connectivity index (χ0n) is 13.5. The standard InChI is InChI=1S/C15H23N5OS/c1-11-8-17-14(22-11)10-19-15(16-2)18-9-12(20(3)4)13-6-5-7-21-13/h5-8,12H,9-10H2,1-4H3,(H2,16,18,19). The molecule has 2 rings (SSSR count). The zero-order chi connectivity index (χ0) is 15.9. The Bertz CT molecular complexity index is 591. The molecule has 0 spiro atoms. The molecule has 0 amide bonds. The van der Waals surface area contributed by atoms with Gasteiger partial charge in [-0.05, 0) is 33.2 Å². The van der Waals surface area contributed by atoms with E-state index in [1.807, 2.05) is 32.4 Å². The van der Waals surface area contributed by atoms with Gasteiger partial charge in [0.2, 0.25) is 0 Å². The molecule has 0 saturated carbocycles. The van der Waals surface area contributed by atoms with Gasteiger partial charge in [0.15, 0.2) is 5.96 Å². The maximum atomic E-state index is 5.50. The van der Waals surface area contributed by atoms with Crippen molar-refractivity contribution in [3.8, 4) is 0 Å². The molecule has 0 radical (unpaired) electrons. The van der Waals surface area contributed by atoms with Crippen LogP contribution in [0, 0.1) is 6.92 Å². The lowest BCUT2D eigenvalue weighted by molar-refractivity contribution is 0.258. The minimum Gasteiger partial charge on any atom is -0.468 e. The van der Waals surface area contributed by atoms with Gasteiger partial charge in [-0.25, -0.2) is 4.98 Å². The molecule has 0 aliphatic rings. The van der Waals surface area contributed by atoms with Gasteiger partial charge in [-0.15, -0.1) is 11.3 Å². The summed E-state index contributed by atoms with van der Waals surface area (Å²) in [5.74, 6) is 1.69. The second kappa shape index (κ2) is 7.95. The number of thiazole rings is 1. The molecule has 1 unspecified atom stereocenters. The number of hydrogen-bond acceptors (Lipinski definition) is 5. The van der Waals surface area contributed by atoms with Crippen LogP contribution in [0.5, 0.6) is 0 Å². The van der Waals surface area contributed by atoms with Crippen LogP contribution in [-0.2, 0) is 6.54 Å². The summed E-state index contributed by atoms with van der Waals surface area (Å²) >= 11 is 1.69. The van der Waals surface area contributed by atoms with E-state index in [0.29, 0.717) is 13.1 Å².